The van der Waals surface area contributed by atoms with Crippen LogP contribution in [0.4, 0.5) is 10.1 Å². The fourth-order valence-electron chi connectivity index (χ4n) is 2.49. The molecule has 148 valence electrons. The van der Waals surface area contributed by atoms with E-state index < -0.39 is 21.7 Å². The van der Waals surface area contributed by atoms with Gasteiger partial charge in [-0.1, -0.05) is 11.3 Å². The first-order chi connectivity index (χ1) is 13.2. The molecule has 0 bridgehead atoms. The van der Waals surface area contributed by atoms with Crippen LogP contribution in [-0.2, 0) is 10.0 Å². The highest BCUT2D eigenvalue weighted by molar-refractivity contribution is 7.89. The van der Waals surface area contributed by atoms with E-state index in [9.17, 15) is 17.6 Å². The molecule has 0 unspecified atom stereocenters. The summed E-state index contributed by atoms with van der Waals surface area (Å²) in [4.78, 5) is 16.6. The normalized spacial score (nSPS) is 11.8. The maximum absolute atomic E-state index is 14.2. The van der Waals surface area contributed by atoms with Crippen LogP contribution in [-0.4, -0.2) is 32.5 Å². The van der Waals surface area contributed by atoms with E-state index in [-0.39, 0.29) is 16.5 Å². The van der Waals surface area contributed by atoms with E-state index in [1.54, 1.807) is 32.0 Å². The fraction of sp³-hybridized carbons (Fsp3) is 0.222. The van der Waals surface area contributed by atoms with Gasteiger partial charge < -0.3 is 10.1 Å². The summed E-state index contributed by atoms with van der Waals surface area (Å²) >= 11 is 1.30. The molecule has 28 heavy (non-hydrogen) atoms. The monoisotopic (exact) mass is 423 g/mol. The van der Waals surface area contributed by atoms with Crippen LogP contribution in [0.25, 0.3) is 10.2 Å². The second kappa shape index (κ2) is 7.82. The zero-order valence-corrected chi connectivity index (χ0v) is 16.9. The molecule has 2 aromatic carbocycles. The Morgan fingerprint density at radius 3 is 2.64 bits per heavy atom. The first kappa shape index (κ1) is 20.2. The minimum absolute atomic E-state index is 0.185. The van der Waals surface area contributed by atoms with Gasteiger partial charge in [-0.3, -0.25) is 4.79 Å². The topological polar surface area (TPSA) is 97.4 Å². The number of carbonyl (C=O) groups excluding carboxylic acids is 1. The van der Waals surface area contributed by atoms with Gasteiger partial charge in [0, 0.05) is 11.7 Å². The van der Waals surface area contributed by atoms with Crippen molar-refractivity contribution in [3.8, 4) is 5.19 Å². The third kappa shape index (κ3) is 4.29. The average Bonchev–Trinajstić information content (AvgIpc) is 3.03. The van der Waals surface area contributed by atoms with Gasteiger partial charge in [-0.2, -0.15) is 0 Å². The molecule has 0 fully saturated rings. The van der Waals surface area contributed by atoms with E-state index in [4.69, 9.17) is 4.74 Å². The highest BCUT2D eigenvalue weighted by atomic mass is 32.2. The molecule has 3 aromatic rings. The number of carbonyl (C=O) groups is 1. The number of thiazole rings is 1. The number of halogens is 1. The summed E-state index contributed by atoms with van der Waals surface area (Å²) in [5.41, 5.74) is 0.768. The number of hydrogen-bond acceptors (Lipinski definition) is 6. The quantitative estimate of drug-likeness (QED) is 0.633. The Morgan fingerprint density at radius 2 is 1.96 bits per heavy atom. The molecule has 0 radical (unpaired) electrons. The van der Waals surface area contributed by atoms with Crippen LogP contribution in [0.1, 0.15) is 24.2 Å². The molecule has 0 aliphatic heterocycles. The van der Waals surface area contributed by atoms with Crippen molar-refractivity contribution in [2.24, 2.45) is 0 Å². The second-order valence-electron chi connectivity index (χ2n) is 6.24. The highest BCUT2D eigenvalue weighted by Crippen LogP contribution is 2.30. The molecule has 10 heteroatoms. The number of methoxy groups -OCH3 is 1. The Hall–Kier alpha value is -2.56. The van der Waals surface area contributed by atoms with Crippen molar-refractivity contribution in [2.45, 2.75) is 24.8 Å². The Bertz CT molecular complexity index is 1140. The fourth-order valence-corrected chi connectivity index (χ4v) is 4.59. The predicted octanol–water partition coefficient (Wildman–Crippen LogP) is 3.38. The molecule has 1 heterocycles. The van der Waals surface area contributed by atoms with Crippen LogP contribution in [0.5, 0.6) is 5.19 Å². The minimum atomic E-state index is -3.85. The zero-order chi connectivity index (χ0) is 20.5. The van der Waals surface area contributed by atoms with Crippen LogP contribution in [0.15, 0.2) is 41.3 Å². The van der Waals surface area contributed by atoms with Crippen molar-refractivity contribution in [1.82, 2.24) is 9.71 Å². The van der Waals surface area contributed by atoms with Crippen molar-refractivity contribution in [3.05, 3.63) is 47.8 Å². The number of aromatic nitrogens is 1. The number of hydrogen-bond donors (Lipinski definition) is 2. The molecule has 2 N–H and O–H groups in total. The lowest BCUT2D eigenvalue weighted by Crippen LogP contribution is -2.30. The second-order valence-corrected chi connectivity index (χ2v) is 8.95. The zero-order valence-electron chi connectivity index (χ0n) is 15.3. The molecule has 0 saturated heterocycles. The van der Waals surface area contributed by atoms with Crippen LogP contribution >= 0.6 is 11.3 Å². The maximum Gasteiger partial charge on any atom is 0.274 e. The minimum Gasteiger partial charge on any atom is -0.473 e. The van der Waals surface area contributed by atoms with Crippen molar-refractivity contribution in [2.75, 3.05) is 12.4 Å². The summed E-state index contributed by atoms with van der Waals surface area (Å²) < 4.78 is 47.0. The largest absolute Gasteiger partial charge is 0.473 e. The van der Waals surface area contributed by atoms with Crippen molar-refractivity contribution in [1.29, 1.82) is 0 Å². The van der Waals surface area contributed by atoms with Crippen LogP contribution in [0, 0.1) is 5.82 Å². The number of nitrogens with zero attached hydrogens (tertiary/aromatic N) is 1. The molecular weight excluding hydrogens is 405 g/mol. The summed E-state index contributed by atoms with van der Waals surface area (Å²) in [5, 5.41) is 3.07. The van der Waals surface area contributed by atoms with Crippen molar-refractivity contribution >= 4 is 43.2 Å². The Kier molecular flexibility index (Phi) is 5.64. The number of rotatable bonds is 6. The van der Waals surface area contributed by atoms with E-state index in [1.807, 2.05) is 0 Å². The van der Waals surface area contributed by atoms with Gasteiger partial charge in [0.05, 0.1) is 27.8 Å². The molecule has 0 spiro atoms. The number of benzene rings is 2. The number of sulfonamides is 1. The molecule has 1 amide bonds. The summed E-state index contributed by atoms with van der Waals surface area (Å²) in [6.45, 7) is 3.33. The van der Waals surface area contributed by atoms with Gasteiger partial charge in [-0.05, 0) is 50.2 Å². The van der Waals surface area contributed by atoms with Gasteiger partial charge in [0.1, 0.15) is 5.82 Å². The first-order valence-electron chi connectivity index (χ1n) is 8.27. The van der Waals surface area contributed by atoms with E-state index in [2.05, 4.69) is 15.0 Å². The van der Waals surface area contributed by atoms with Crippen LogP contribution in [0.2, 0.25) is 0 Å². The highest BCUT2D eigenvalue weighted by Gasteiger charge is 2.20. The third-order valence-corrected chi connectivity index (χ3v) is 6.32. The summed E-state index contributed by atoms with van der Waals surface area (Å²) in [6.07, 6.45) is 0. The van der Waals surface area contributed by atoms with E-state index in [0.717, 1.165) is 22.9 Å². The first-order valence-corrected chi connectivity index (χ1v) is 10.6. The lowest BCUT2D eigenvalue weighted by atomic mass is 10.2. The van der Waals surface area contributed by atoms with Gasteiger partial charge in [0.15, 0.2) is 0 Å². The van der Waals surface area contributed by atoms with Crippen molar-refractivity contribution < 1.29 is 22.3 Å². The summed E-state index contributed by atoms with van der Waals surface area (Å²) in [5.74, 6) is -1.57. The van der Waals surface area contributed by atoms with Gasteiger partial charge in [0.25, 0.3) is 11.1 Å². The lowest BCUT2D eigenvalue weighted by molar-refractivity contribution is 0.102. The Labute approximate surface area is 165 Å². The Balaban J connectivity index is 1.89. The molecule has 0 atom stereocenters. The molecule has 0 aliphatic carbocycles. The number of ether oxygens (including phenoxy) is 1. The number of anilines is 1. The van der Waals surface area contributed by atoms with E-state index in [0.29, 0.717) is 16.4 Å². The molecule has 0 saturated carbocycles. The van der Waals surface area contributed by atoms with Gasteiger partial charge in [0.2, 0.25) is 10.0 Å². The third-order valence-electron chi connectivity index (χ3n) is 3.68. The molecule has 7 nitrogen and oxygen atoms in total. The SMILES string of the molecule is COc1nc2ccc(NC(=O)c3cc(S(=O)(=O)NC(C)C)ccc3F)cc2s1. The Morgan fingerprint density at radius 1 is 1.21 bits per heavy atom. The average molecular weight is 423 g/mol. The summed E-state index contributed by atoms with van der Waals surface area (Å²) in [7, 11) is -2.34. The van der Waals surface area contributed by atoms with E-state index >= 15 is 0 Å². The van der Waals surface area contributed by atoms with Crippen LogP contribution in [0.3, 0.4) is 0 Å². The number of nitrogens with one attached hydrogen (secondary N) is 2. The van der Waals surface area contributed by atoms with Crippen molar-refractivity contribution in [3.63, 3.8) is 0 Å². The molecular formula is C18H18FN3O4S2. The smallest absolute Gasteiger partial charge is 0.274 e. The molecule has 3 rings (SSSR count). The van der Waals surface area contributed by atoms with Gasteiger partial charge >= 0.3 is 0 Å². The van der Waals surface area contributed by atoms with E-state index in [1.165, 1.54) is 18.4 Å². The van der Waals surface area contributed by atoms with Gasteiger partial charge in [-0.25, -0.2) is 22.5 Å². The van der Waals surface area contributed by atoms with Crippen LogP contribution < -0.4 is 14.8 Å². The summed E-state index contributed by atoms with van der Waals surface area (Å²) in [6, 6.07) is 7.77. The standard InChI is InChI=1S/C18H18FN3O4S2/c1-10(2)22-28(24,25)12-5-6-14(19)13(9-12)17(23)20-11-4-7-15-16(8-11)27-18(21-15)26-3/h4-10,22H,1-3H3,(H,20,23). The number of fused-ring (bicyclic) bond motifs is 1. The lowest BCUT2D eigenvalue weighted by Gasteiger charge is -2.11. The number of amides is 1. The van der Waals surface area contributed by atoms with Gasteiger partial charge in [-0.15, -0.1) is 0 Å². The predicted molar refractivity (Wildman–Crippen MR) is 106 cm³/mol. The maximum atomic E-state index is 14.2. The molecule has 1 aromatic heterocycles. The molecule has 0 aliphatic rings.